The summed E-state index contributed by atoms with van der Waals surface area (Å²) in [5.74, 6) is 1.40. The molecule has 3 aliphatic rings. The van der Waals surface area contributed by atoms with Gasteiger partial charge in [-0.1, -0.05) is 12.8 Å². The number of aromatic nitrogens is 2. The third-order valence-electron chi connectivity index (χ3n) is 5.41. The third-order valence-corrected chi connectivity index (χ3v) is 5.41. The van der Waals surface area contributed by atoms with E-state index in [1.807, 2.05) is 0 Å². The maximum Gasteiger partial charge on any atom is 0.0734 e. The minimum atomic E-state index is -0.431. The van der Waals surface area contributed by atoms with Crippen LogP contribution in [-0.4, -0.2) is 20.5 Å². The average molecular weight is 246 g/mol. The van der Waals surface area contributed by atoms with E-state index in [0.29, 0.717) is 12.0 Å². The summed E-state index contributed by atoms with van der Waals surface area (Å²) in [6.07, 6.45) is 11.6. The molecule has 1 aromatic heterocycles. The van der Waals surface area contributed by atoms with E-state index in [1.54, 1.807) is 0 Å². The molecule has 0 saturated heterocycles. The zero-order valence-electron chi connectivity index (χ0n) is 10.9. The molecule has 0 aliphatic heterocycles. The Bertz CT molecular complexity index is 449. The van der Waals surface area contributed by atoms with Crippen molar-refractivity contribution in [2.24, 2.45) is 11.8 Å². The molecule has 0 spiro atoms. The topological polar surface area (TPSA) is 38.0 Å². The van der Waals surface area contributed by atoms with Crippen molar-refractivity contribution < 1.29 is 5.11 Å². The molecular weight excluding hydrogens is 224 g/mol. The van der Waals surface area contributed by atoms with Gasteiger partial charge in [0.05, 0.1) is 17.3 Å². The second kappa shape index (κ2) is 3.83. The molecule has 3 heteroatoms. The number of hydrogen-bond donors (Lipinski definition) is 1. The Kier molecular flexibility index (Phi) is 2.35. The summed E-state index contributed by atoms with van der Waals surface area (Å²) in [4.78, 5) is 0. The molecule has 1 N–H and O–H groups in total. The van der Waals surface area contributed by atoms with Gasteiger partial charge in [0.15, 0.2) is 0 Å². The monoisotopic (exact) mass is 246 g/mol. The summed E-state index contributed by atoms with van der Waals surface area (Å²) < 4.78 is 2.14. The molecule has 1 aromatic rings. The van der Waals surface area contributed by atoms with Crippen molar-refractivity contribution in [3.05, 3.63) is 18.0 Å². The van der Waals surface area contributed by atoms with E-state index in [1.165, 1.54) is 38.5 Å². The number of nitrogens with zero attached hydrogens (tertiary/aromatic N) is 2. The van der Waals surface area contributed by atoms with Crippen molar-refractivity contribution in [3.8, 4) is 0 Å². The Balaban J connectivity index is 1.48. The first-order chi connectivity index (χ1) is 8.74. The van der Waals surface area contributed by atoms with Crippen LogP contribution in [0.25, 0.3) is 0 Å². The molecule has 3 atom stereocenters. The second-order valence-electron chi connectivity index (χ2n) is 6.65. The SMILES string of the molecule is OC1(Cc2ccn(C3CCCC3)n2)CCC2CC21. The summed E-state index contributed by atoms with van der Waals surface area (Å²) in [5.41, 5.74) is 0.663. The van der Waals surface area contributed by atoms with Crippen LogP contribution in [0.4, 0.5) is 0 Å². The first-order valence-electron chi connectivity index (χ1n) is 7.51. The molecule has 0 aromatic carbocycles. The van der Waals surface area contributed by atoms with Gasteiger partial charge in [0, 0.05) is 12.6 Å². The Hall–Kier alpha value is -0.830. The van der Waals surface area contributed by atoms with Crippen LogP contribution in [0.1, 0.15) is 56.7 Å². The Morgan fingerprint density at radius 3 is 2.83 bits per heavy atom. The maximum atomic E-state index is 10.7. The zero-order chi connectivity index (χ0) is 12.2. The van der Waals surface area contributed by atoms with E-state index >= 15 is 0 Å². The summed E-state index contributed by atoms with van der Waals surface area (Å²) in [6, 6.07) is 2.73. The molecule has 4 rings (SSSR count). The van der Waals surface area contributed by atoms with Crippen molar-refractivity contribution in [3.63, 3.8) is 0 Å². The van der Waals surface area contributed by atoms with E-state index in [-0.39, 0.29) is 0 Å². The molecule has 3 fully saturated rings. The van der Waals surface area contributed by atoms with Crippen LogP contribution in [0, 0.1) is 11.8 Å². The number of hydrogen-bond acceptors (Lipinski definition) is 2. The highest BCUT2D eigenvalue weighted by molar-refractivity contribution is 5.14. The van der Waals surface area contributed by atoms with Crippen LogP contribution in [-0.2, 0) is 6.42 Å². The van der Waals surface area contributed by atoms with Gasteiger partial charge in [-0.25, -0.2) is 0 Å². The zero-order valence-corrected chi connectivity index (χ0v) is 10.9. The summed E-state index contributed by atoms with van der Waals surface area (Å²) in [6.45, 7) is 0. The molecule has 0 bridgehead atoms. The summed E-state index contributed by atoms with van der Waals surface area (Å²) in [7, 11) is 0. The highest BCUT2D eigenvalue weighted by Crippen LogP contribution is 2.58. The smallest absolute Gasteiger partial charge is 0.0734 e. The number of rotatable bonds is 3. The van der Waals surface area contributed by atoms with Crippen molar-refractivity contribution in [2.75, 3.05) is 0 Å². The fraction of sp³-hybridized carbons (Fsp3) is 0.800. The normalized spacial score (nSPS) is 39.2. The summed E-state index contributed by atoms with van der Waals surface area (Å²) >= 11 is 0. The van der Waals surface area contributed by atoms with Crippen molar-refractivity contribution in [2.45, 2.75) is 63.0 Å². The predicted octanol–water partition coefficient (Wildman–Crippen LogP) is 2.70. The molecule has 1 heterocycles. The van der Waals surface area contributed by atoms with Crippen molar-refractivity contribution >= 4 is 0 Å². The lowest BCUT2D eigenvalue weighted by molar-refractivity contribution is 0.0242. The van der Waals surface area contributed by atoms with Gasteiger partial charge in [-0.3, -0.25) is 4.68 Å². The third kappa shape index (κ3) is 1.71. The number of aliphatic hydroxyl groups is 1. The van der Waals surface area contributed by atoms with E-state index in [2.05, 4.69) is 16.9 Å². The first kappa shape index (κ1) is 11.0. The Morgan fingerprint density at radius 2 is 2.17 bits per heavy atom. The fourth-order valence-electron chi connectivity index (χ4n) is 4.22. The van der Waals surface area contributed by atoms with Gasteiger partial charge < -0.3 is 5.11 Å². The van der Waals surface area contributed by atoms with E-state index < -0.39 is 5.60 Å². The van der Waals surface area contributed by atoms with E-state index in [0.717, 1.165) is 24.5 Å². The molecule has 98 valence electrons. The lowest BCUT2D eigenvalue weighted by Crippen LogP contribution is -2.31. The van der Waals surface area contributed by atoms with Gasteiger partial charge in [-0.2, -0.15) is 5.10 Å². The molecule has 3 aliphatic carbocycles. The minimum Gasteiger partial charge on any atom is -0.389 e. The van der Waals surface area contributed by atoms with Gasteiger partial charge in [-0.15, -0.1) is 0 Å². The van der Waals surface area contributed by atoms with E-state index in [9.17, 15) is 5.11 Å². The van der Waals surface area contributed by atoms with Crippen LogP contribution < -0.4 is 0 Å². The van der Waals surface area contributed by atoms with Crippen LogP contribution in [0.2, 0.25) is 0 Å². The van der Waals surface area contributed by atoms with Crippen molar-refractivity contribution in [1.82, 2.24) is 9.78 Å². The standard InChI is InChI=1S/C15H22N2O/c18-15(7-5-11-9-14(11)15)10-12-6-8-17(16-12)13-3-1-2-4-13/h6,8,11,13-14,18H,1-5,7,9-10H2. The lowest BCUT2D eigenvalue weighted by atomic mass is 9.92. The second-order valence-corrected chi connectivity index (χ2v) is 6.65. The highest BCUT2D eigenvalue weighted by atomic mass is 16.3. The Morgan fingerprint density at radius 1 is 1.33 bits per heavy atom. The quantitative estimate of drug-likeness (QED) is 0.890. The van der Waals surface area contributed by atoms with Crippen LogP contribution in [0.15, 0.2) is 12.3 Å². The van der Waals surface area contributed by atoms with Gasteiger partial charge in [-0.05, 0) is 50.0 Å². The van der Waals surface area contributed by atoms with Crippen LogP contribution in [0.5, 0.6) is 0 Å². The molecule has 3 nitrogen and oxygen atoms in total. The summed E-state index contributed by atoms with van der Waals surface area (Å²) in [5, 5.41) is 15.4. The van der Waals surface area contributed by atoms with Crippen LogP contribution in [0.3, 0.4) is 0 Å². The minimum absolute atomic E-state index is 0.431. The molecule has 3 saturated carbocycles. The molecule has 18 heavy (non-hydrogen) atoms. The largest absolute Gasteiger partial charge is 0.389 e. The number of fused-ring (bicyclic) bond motifs is 1. The van der Waals surface area contributed by atoms with E-state index in [4.69, 9.17) is 5.10 Å². The average Bonchev–Trinajstić information content (AvgIpc) is 2.75. The van der Waals surface area contributed by atoms with Gasteiger partial charge >= 0.3 is 0 Å². The van der Waals surface area contributed by atoms with Crippen molar-refractivity contribution in [1.29, 1.82) is 0 Å². The Labute approximate surface area is 108 Å². The molecule has 0 radical (unpaired) electrons. The molecule has 3 unspecified atom stereocenters. The molecule has 0 amide bonds. The lowest BCUT2D eigenvalue weighted by Gasteiger charge is -2.23. The van der Waals surface area contributed by atoms with Gasteiger partial charge in [0.1, 0.15) is 0 Å². The predicted molar refractivity (Wildman–Crippen MR) is 69.2 cm³/mol. The maximum absolute atomic E-state index is 10.7. The molecular formula is C15H22N2O. The first-order valence-corrected chi connectivity index (χ1v) is 7.51. The fourth-order valence-corrected chi connectivity index (χ4v) is 4.22. The van der Waals surface area contributed by atoms with Crippen LogP contribution >= 0.6 is 0 Å². The van der Waals surface area contributed by atoms with Gasteiger partial charge in [0.25, 0.3) is 0 Å². The van der Waals surface area contributed by atoms with Gasteiger partial charge in [0.2, 0.25) is 0 Å². The highest BCUT2D eigenvalue weighted by Gasteiger charge is 2.57.